The first-order valence-corrected chi connectivity index (χ1v) is 10.1. The third-order valence-electron chi connectivity index (χ3n) is 4.75. The molecule has 154 valence electrons. The Kier molecular flexibility index (Phi) is 5.51. The van der Waals surface area contributed by atoms with Gasteiger partial charge in [0.05, 0.1) is 15.5 Å². The zero-order valence-corrected chi connectivity index (χ0v) is 17.9. The van der Waals surface area contributed by atoms with Gasteiger partial charge >= 0.3 is 5.69 Å². The lowest BCUT2D eigenvalue weighted by atomic mass is 10.1. The van der Waals surface area contributed by atoms with E-state index in [-0.39, 0.29) is 17.1 Å². The first-order valence-electron chi connectivity index (χ1n) is 9.03. The second-order valence-corrected chi connectivity index (χ2v) is 7.68. The molecule has 1 heterocycles. The van der Waals surface area contributed by atoms with Crippen LogP contribution in [0.3, 0.4) is 0 Å². The van der Waals surface area contributed by atoms with Crippen molar-refractivity contribution >= 4 is 34.0 Å². The summed E-state index contributed by atoms with van der Waals surface area (Å²) in [7, 11) is 0. The van der Waals surface area contributed by atoms with Crippen molar-refractivity contribution in [3.8, 4) is 28.2 Å². The van der Waals surface area contributed by atoms with E-state index in [1.165, 1.54) is 48.5 Å². The Balaban J connectivity index is 2.11. The molecule has 0 amide bonds. The molecule has 0 aliphatic rings. The number of rotatable bonds is 5. The summed E-state index contributed by atoms with van der Waals surface area (Å²) in [5, 5.41) is 23.2. The Morgan fingerprint density at radius 1 is 0.742 bits per heavy atom. The van der Waals surface area contributed by atoms with Crippen LogP contribution in [0.1, 0.15) is 0 Å². The molecule has 0 bridgehead atoms. The maximum atomic E-state index is 13.5. The minimum absolute atomic E-state index is 0.0929. The van der Waals surface area contributed by atoms with Crippen molar-refractivity contribution in [1.82, 2.24) is 4.57 Å². The second kappa shape index (κ2) is 8.26. The minimum atomic E-state index is -0.509. The molecule has 0 atom stereocenters. The number of hydrogen-bond acceptors (Lipinski definition) is 4. The standard InChI is InChI=1S/C22H13FIN3O4/c23-16-8-6-15(7-9-16)21-22(27(30)31)19(24)20(14-4-2-1-3-5-14)25(21)17-10-12-18(13-11-17)26(28)29/h1-13H. The summed E-state index contributed by atoms with van der Waals surface area (Å²) < 4.78 is 15.6. The van der Waals surface area contributed by atoms with Crippen LogP contribution in [0.4, 0.5) is 15.8 Å². The number of aromatic nitrogens is 1. The van der Waals surface area contributed by atoms with Gasteiger partial charge < -0.3 is 4.57 Å². The first-order chi connectivity index (χ1) is 14.9. The van der Waals surface area contributed by atoms with Crippen molar-refractivity contribution in [2.24, 2.45) is 0 Å². The molecule has 0 saturated carbocycles. The van der Waals surface area contributed by atoms with Gasteiger partial charge in [-0.1, -0.05) is 30.3 Å². The average molecular weight is 529 g/mol. The SMILES string of the molecule is O=[N+]([O-])c1ccc(-n2c(-c3ccccc3)c(I)c([N+](=O)[O-])c2-c2ccc(F)cc2)cc1. The van der Waals surface area contributed by atoms with Crippen LogP contribution in [-0.4, -0.2) is 14.4 Å². The highest BCUT2D eigenvalue weighted by Crippen LogP contribution is 2.45. The third kappa shape index (κ3) is 3.79. The molecule has 0 aliphatic heterocycles. The van der Waals surface area contributed by atoms with E-state index < -0.39 is 15.7 Å². The highest BCUT2D eigenvalue weighted by molar-refractivity contribution is 14.1. The molecule has 7 nitrogen and oxygen atoms in total. The summed E-state index contributed by atoms with van der Waals surface area (Å²) in [5.74, 6) is -0.460. The third-order valence-corrected chi connectivity index (χ3v) is 5.78. The molecular weight excluding hydrogens is 516 g/mol. The molecule has 31 heavy (non-hydrogen) atoms. The van der Waals surface area contributed by atoms with Crippen LogP contribution in [0.25, 0.3) is 28.2 Å². The molecule has 0 N–H and O–H groups in total. The van der Waals surface area contributed by atoms with Gasteiger partial charge in [0.2, 0.25) is 0 Å². The normalized spacial score (nSPS) is 10.8. The van der Waals surface area contributed by atoms with E-state index in [0.717, 1.165) is 5.56 Å². The maximum absolute atomic E-state index is 13.5. The van der Waals surface area contributed by atoms with Gasteiger partial charge in [-0.3, -0.25) is 20.2 Å². The van der Waals surface area contributed by atoms with Crippen LogP contribution in [0.2, 0.25) is 0 Å². The van der Waals surface area contributed by atoms with E-state index in [1.54, 1.807) is 4.57 Å². The predicted molar refractivity (Wildman–Crippen MR) is 123 cm³/mol. The van der Waals surface area contributed by atoms with E-state index in [2.05, 4.69) is 0 Å². The van der Waals surface area contributed by atoms with Gasteiger partial charge in [-0.2, -0.15) is 0 Å². The van der Waals surface area contributed by atoms with E-state index >= 15 is 0 Å². The van der Waals surface area contributed by atoms with Crippen molar-refractivity contribution in [3.63, 3.8) is 0 Å². The lowest BCUT2D eigenvalue weighted by Gasteiger charge is -2.13. The molecule has 0 aliphatic carbocycles. The zero-order valence-electron chi connectivity index (χ0n) is 15.7. The van der Waals surface area contributed by atoms with E-state index in [9.17, 15) is 24.6 Å². The van der Waals surface area contributed by atoms with Crippen LogP contribution in [0.5, 0.6) is 0 Å². The van der Waals surface area contributed by atoms with Crippen LogP contribution in [0.15, 0.2) is 78.9 Å². The summed E-state index contributed by atoms with van der Waals surface area (Å²) in [6, 6.07) is 20.3. The molecule has 0 fully saturated rings. The van der Waals surface area contributed by atoms with Gasteiger partial charge in [-0.05, 0) is 64.6 Å². The van der Waals surface area contributed by atoms with E-state index in [1.807, 2.05) is 52.9 Å². The van der Waals surface area contributed by atoms with Gasteiger partial charge in [0.15, 0.2) is 0 Å². The topological polar surface area (TPSA) is 91.2 Å². The van der Waals surface area contributed by atoms with Crippen molar-refractivity contribution in [3.05, 3.63) is 108 Å². The Bertz CT molecular complexity index is 1290. The molecule has 3 aromatic carbocycles. The van der Waals surface area contributed by atoms with Crippen molar-refractivity contribution in [2.45, 2.75) is 0 Å². The fraction of sp³-hybridized carbons (Fsp3) is 0. The summed E-state index contributed by atoms with van der Waals surface area (Å²) in [6.45, 7) is 0. The molecule has 4 aromatic rings. The second-order valence-electron chi connectivity index (χ2n) is 6.60. The average Bonchev–Trinajstić information content (AvgIpc) is 3.08. The monoisotopic (exact) mass is 529 g/mol. The lowest BCUT2D eigenvalue weighted by Crippen LogP contribution is -2.01. The molecule has 0 saturated heterocycles. The first kappa shape index (κ1) is 20.7. The van der Waals surface area contributed by atoms with E-state index in [0.29, 0.717) is 20.5 Å². The number of hydrogen-bond donors (Lipinski definition) is 0. The highest BCUT2D eigenvalue weighted by Gasteiger charge is 2.32. The van der Waals surface area contributed by atoms with Crippen LogP contribution < -0.4 is 0 Å². The Morgan fingerprint density at radius 2 is 1.32 bits per heavy atom. The van der Waals surface area contributed by atoms with Crippen molar-refractivity contribution in [2.75, 3.05) is 0 Å². The van der Waals surface area contributed by atoms with Crippen molar-refractivity contribution < 1.29 is 14.2 Å². The zero-order chi connectivity index (χ0) is 22.1. The minimum Gasteiger partial charge on any atom is -0.302 e. The van der Waals surface area contributed by atoms with Crippen molar-refractivity contribution in [1.29, 1.82) is 0 Å². The Labute approximate surface area is 189 Å². The molecule has 0 spiro atoms. The smallest absolute Gasteiger partial charge is 0.302 e. The Hall–Kier alpha value is -3.60. The summed E-state index contributed by atoms with van der Waals surface area (Å²) in [5.41, 5.74) is 2.32. The number of nitro groups is 2. The molecule has 1 aromatic heterocycles. The number of nitro benzene ring substituents is 1. The fourth-order valence-corrected chi connectivity index (χ4v) is 4.41. The molecule has 0 radical (unpaired) electrons. The lowest BCUT2D eigenvalue weighted by molar-refractivity contribution is -0.385. The van der Waals surface area contributed by atoms with Crippen LogP contribution >= 0.6 is 22.6 Å². The number of benzene rings is 3. The molecule has 4 rings (SSSR count). The molecule has 9 heteroatoms. The van der Waals surface area contributed by atoms with E-state index in [4.69, 9.17) is 0 Å². The fourth-order valence-electron chi connectivity index (χ4n) is 3.41. The molecular formula is C22H13FIN3O4. The van der Waals surface area contributed by atoms with Gasteiger partial charge in [0.25, 0.3) is 5.69 Å². The van der Waals surface area contributed by atoms with Crippen LogP contribution in [-0.2, 0) is 0 Å². The van der Waals surface area contributed by atoms with Crippen LogP contribution in [0, 0.1) is 29.6 Å². The van der Waals surface area contributed by atoms with Gasteiger partial charge in [-0.15, -0.1) is 0 Å². The number of halogens is 2. The molecule has 0 unspecified atom stereocenters. The predicted octanol–water partition coefficient (Wildman–Crippen LogP) is 6.37. The summed E-state index contributed by atoms with van der Waals surface area (Å²) in [6.07, 6.45) is 0. The number of non-ortho nitro benzene ring substituents is 1. The highest BCUT2D eigenvalue weighted by atomic mass is 127. The largest absolute Gasteiger partial charge is 0.309 e. The maximum Gasteiger partial charge on any atom is 0.309 e. The number of nitrogens with zero attached hydrogens (tertiary/aromatic N) is 3. The van der Waals surface area contributed by atoms with Gasteiger partial charge in [-0.25, -0.2) is 4.39 Å². The quantitative estimate of drug-likeness (QED) is 0.171. The Morgan fingerprint density at radius 3 is 1.87 bits per heavy atom. The van der Waals surface area contributed by atoms with Gasteiger partial charge in [0, 0.05) is 23.4 Å². The summed E-state index contributed by atoms with van der Waals surface area (Å²) >= 11 is 1.94. The summed E-state index contributed by atoms with van der Waals surface area (Å²) in [4.78, 5) is 22.2. The van der Waals surface area contributed by atoms with Gasteiger partial charge in [0.1, 0.15) is 15.1 Å².